The summed E-state index contributed by atoms with van der Waals surface area (Å²) in [4.78, 5) is 74.1. The van der Waals surface area contributed by atoms with Gasteiger partial charge in [0.05, 0.1) is 24.6 Å². The Morgan fingerprint density at radius 2 is 1.84 bits per heavy atom. The second-order valence-electron chi connectivity index (χ2n) is 12.4. The maximum Gasteiger partial charge on any atom is 0.519 e. The molecule has 1 fully saturated rings. The van der Waals surface area contributed by atoms with Crippen molar-refractivity contribution in [2.75, 3.05) is 11.9 Å². The first kappa shape index (κ1) is 36.9. The summed E-state index contributed by atoms with van der Waals surface area (Å²) >= 11 is 6.22. The minimum absolute atomic E-state index is 0.0242. The van der Waals surface area contributed by atoms with Crippen molar-refractivity contribution < 1.29 is 51.7 Å². The maximum atomic E-state index is 12.9. The van der Waals surface area contributed by atoms with Crippen molar-refractivity contribution in [3.8, 4) is 12.3 Å². The third kappa shape index (κ3) is 8.75. The molecule has 0 unspecified atom stereocenters. The van der Waals surface area contributed by atoms with Gasteiger partial charge >= 0.3 is 29.8 Å². The lowest BCUT2D eigenvalue weighted by atomic mass is 9.98. The lowest BCUT2D eigenvalue weighted by Gasteiger charge is -2.29. The second kappa shape index (κ2) is 14.7. The number of nitrogens with zero attached hydrogens (tertiary/aromatic N) is 4. The molecular weight excluding hydrogens is 670 g/mol. The van der Waals surface area contributed by atoms with Gasteiger partial charge in [-0.15, -0.1) is 6.42 Å². The van der Waals surface area contributed by atoms with Crippen LogP contribution in [0.5, 0.6) is 0 Å². The summed E-state index contributed by atoms with van der Waals surface area (Å²) in [6.07, 6.45) is 3.95. The van der Waals surface area contributed by atoms with Crippen molar-refractivity contribution in [2.24, 2.45) is 11.8 Å². The lowest BCUT2D eigenvalue weighted by Crippen LogP contribution is -2.46. The number of carbonyl (C=O) groups excluding carboxylic acids is 4. The molecule has 1 saturated heterocycles. The average Bonchev–Trinajstić information content (AvgIpc) is 3.68. The molecule has 3 aromatic rings. The number of esters is 3. The largest absolute Gasteiger partial charge is 0.519 e. The highest BCUT2D eigenvalue weighted by atomic mass is 35.5. The molecule has 0 saturated carbocycles. The van der Waals surface area contributed by atoms with Gasteiger partial charge in [-0.05, 0) is 32.4 Å². The molecule has 17 nitrogen and oxygen atoms in total. The van der Waals surface area contributed by atoms with Crippen molar-refractivity contribution in [3.05, 3.63) is 33.7 Å². The average molecular weight is 706 g/mol. The van der Waals surface area contributed by atoms with Gasteiger partial charge in [0.25, 0.3) is 0 Å². The van der Waals surface area contributed by atoms with Crippen LogP contribution in [0.15, 0.2) is 20.0 Å². The fourth-order valence-corrected chi connectivity index (χ4v) is 4.78. The van der Waals surface area contributed by atoms with Crippen molar-refractivity contribution in [1.82, 2.24) is 19.5 Å². The zero-order valence-electron chi connectivity index (χ0n) is 27.9. The molecule has 4 rings (SSSR count). The quantitative estimate of drug-likeness (QED) is 0.123. The smallest absolute Gasteiger partial charge is 0.461 e. The van der Waals surface area contributed by atoms with E-state index in [0.717, 1.165) is 0 Å². The standard InChI is InChI=1S/C31H36ClN5O12/c1-9-31(13-44-25(39)15(2)3)19(47-26(40)16(4)5)10-20(48-31)37-14-33-22-23(34-27(32)36-24(22)37)35-28(41)49-30(7,8)11-21(38)43-12-18-17(6)45-29(42)46-18/h1,14-16,19-20H,10-13H2,2-8H3,(H,34,35,36,41)/t19-,20+,31+/m0/s1. The molecule has 4 heterocycles. The minimum atomic E-state index is -1.64. The van der Waals surface area contributed by atoms with E-state index in [0.29, 0.717) is 0 Å². The summed E-state index contributed by atoms with van der Waals surface area (Å²) in [5, 5.41) is 2.18. The van der Waals surface area contributed by atoms with E-state index in [1.165, 1.54) is 31.7 Å². The molecule has 264 valence electrons. The number of nitrogens with one attached hydrogen (secondary N) is 1. The first-order chi connectivity index (χ1) is 22.9. The van der Waals surface area contributed by atoms with Crippen LogP contribution in [0.4, 0.5) is 10.6 Å². The predicted molar refractivity (Wildman–Crippen MR) is 168 cm³/mol. The molecule has 1 N–H and O–H groups in total. The van der Waals surface area contributed by atoms with E-state index in [1.807, 2.05) is 0 Å². The summed E-state index contributed by atoms with van der Waals surface area (Å²) in [7, 11) is 0. The number of carbonyl (C=O) groups is 4. The SMILES string of the molecule is C#C[C@]1(COC(=O)C(C)C)O[C@@H](n2cnc3c(NC(=O)OC(C)(C)CC(=O)OCc4oc(=O)oc4C)nc(Cl)nc32)C[C@@H]1OC(=O)C(C)C. The first-order valence-electron chi connectivity index (χ1n) is 15.1. The molecular formula is C31H36ClN5O12. The number of hydrogen-bond donors (Lipinski definition) is 1. The first-order valence-corrected chi connectivity index (χ1v) is 15.5. The van der Waals surface area contributed by atoms with Crippen LogP contribution in [-0.2, 0) is 44.7 Å². The maximum absolute atomic E-state index is 12.9. The van der Waals surface area contributed by atoms with Crippen LogP contribution in [0.25, 0.3) is 11.2 Å². The fraction of sp³-hybridized carbons (Fsp3) is 0.548. The van der Waals surface area contributed by atoms with Crippen molar-refractivity contribution >= 4 is 52.6 Å². The van der Waals surface area contributed by atoms with E-state index < -0.39 is 71.8 Å². The third-order valence-corrected chi connectivity index (χ3v) is 7.39. The molecule has 0 spiro atoms. The van der Waals surface area contributed by atoms with Crippen molar-refractivity contribution in [3.63, 3.8) is 0 Å². The molecule has 1 amide bonds. The monoisotopic (exact) mass is 705 g/mol. The highest BCUT2D eigenvalue weighted by Gasteiger charge is 2.52. The minimum Gasteiger partial charge on any atom is -0.461 e. The molecule has 3 atom stereocenters. The van der Waals surface area contributed by atoms with Gasteiger partial charge in [0, 0.05) is 6.42 Å². The van der Waals surface area contributed by atoms with Gasteiger partial charge in [-0.3, -0.25) is 24.3 Å². The number of anilines is 1. The summed E-state index contributed by atoms with van der Waals surface area (Å²) in [6.45, 7) is 10.3. The molecule has 0 radical (unpaired) electrons. The van der Waals surface area contributed by atoms with Gasteiger partial charge < -0.3 is 32.5 Å². The molecule has 49 heavy (non-hydrogen) atoms. The topological polar surface area (TPSA) is 213 Å². The molecule has 1 aliphatic rings. The van der Waals surface area contributed by atoms with Crippen LogP contribution in [-0.4, -0.2) is 67.4 Å². The fourth-order valence-electron chi connectivity index (χ4n) is 4.62. The zero-order chi connectivity index (χ0) is 36.3. The third-order valence-electron chi connectivity index (χ3n) is 7.22. The Morgan fingerprint density at radius 1 is 1.14 bits per heavy atom. The second-order valence-corrected chi connectivity index (χ2v) is 12.7. The summed E-state index contributed by atoms with van der Waals surface area (Å²) in [5.41, 5.74) is -2.80. The normalized spacial score (nSPS) is 19.1. The Hall–Kier alpha value is -4.95. The number of aryl methyl sites for hydroxylation is 1. The number of rotatable bonds is 12. The Morgan fingerprint density at radius 3 is 2.45 bits per heavy atom. The van der Waals surface area contributed by atoms with E-state index in [2.05, 4.69) is 26.2 Å². The van der Waals surface area contributed by atoms with Crippen LogP contribution < -0.4 is 11.1 Å². The molecule has 1 aliphatic heterocycles. The number of hydrogen-bond acceptors (Lipinski definition) is 15. The summed E-state index contributed by atoms with van der Waals surface area (Å²) < 4.78 is 38.9. The molecule has 0 bridgehead atoms. The number of amides is 1. The number of ether oxygens (including phenoxy) is 5. The highest BCUT2D eigenvalue weighted by Crippen LogP contribution is 2.41. The van der Waals surface area contributed by atoms with Gasteiger partial charge in [-0.25, -0.2) is 14.6 Å². The van der Waals surface area contributed by atoms with Gasteiger partial charge in [0.1, 0.15) is 24.5 Å². The van der Waals surface area contributed by atoms with E-state index in [1.54, 1.807) is 27.7 Å². The molecule has 0 aliphatic carbocycles. The van der Waals surface area contributed by atoms with Crippen molar-refractivity contribution in [1.29, 1.82) is 0 Å². The van der Waals surface area contributed by atoms with Crippen LogP contribution in [0.3, 0.4) is 0 Å². The Kier molecular flexibility index (Phi) is 11.0. The van der Waals surface area contributed by atoms with Gasteiger partial charge in [-0.1, -0.05) is 33.6 Å². The van der Waals surface area contributed by atoms with Gasteiger partial charge in [0.2, 0.25) is 10.9 Å². The predicted octanol–water partition coefficient (Wildman–Crippen LogP) is 3.85. The Bertz CT molecular complexity index is 1840. The number of imidazole rings is 1. The molecule has 3 aromatic heterocycles. The van der Waals surface area contributed by atoms with Gasteiger partial charge in [0.15, 0.2) is 35.1 Å². The zero-order valence-corrected chi connectivity index (χ0v) is 28.6. The van der Waals surface area contributed by atoms with Crippen LogP contribution in [0.1, 0.15) is 72.1 Å². The van der Waals surface area contributed by atoms with Crippen molar-refractivity contribution in [2.45, 2.75) is 91.4 Å². The Labute approximate surface area is 284 Å². The van der Waals surface area contributed by atoms with E-state index in [9.17, 15) is 24.0 Å². The van der Waals surface area contributed by atoms with E-state index in [-0.39, 0.29) is 53.2 Å². The molecule has 18 heteroatoms. The number of aromatic nitrogens is 4. The number of halogens is 1. The van der Waals surface area contributed by atoms with Crippen LogP contribution in [0, 0.1) is 31.1 Å². The number of fused-ring (bicyclic) bond motifs is 1. The van der Waals surface area contributed by atoms with E-state index in [4.69, 9.17) is 50.5 Å². The van der Waals surface area contributed by atoms with Gasteiger partial charge in [-0.2, -0.15) is 9.97 Å². The summed E-state index contributed by atoms with van der Waals surface area (Å²) in [6, 6.07) is 0. The number of terminal acetylenes is 1. The highest BCUT2D eigenvalue weighted by molar-refractivity contribution is 6.28. The lowest BCUT2D eigenvalue weighted by molar-refractivity contribution is -0.170. The molecule has 0 aromatic carbocycles. The van der Waals surface area contributed by atoms with Crippen LogP contribution in [0.2, 0.25) is 5.28 Å². The van der Waals surface area contributed by atoms with E-state index >= 15 is 0 Å². The summed E-state index contributed by atoms with van der Waals surface area (Å²) in [5.74, 6) is -1.05. The van der Waals surface area contributed by atoms with Crippen LogP contribution >= 0.6 is 11.6 Å². The Balaban J connectivity index is 1.50.